The summed E-state index contributed by atoms with van der Waals surface area (Å²) < 4.78 is 39.0. The molecular weight excluding hydrogens is 209 g/mol. The van der Waals surface area contributed by atoms with E-state index in [1.54, 1.807) is 6.07 Å². The molecule has 1 saturated heterocycles. The third-order valence-corrected chi connectivity index (χ3v) is 3.79. The molecule has 14 heavy (non-hydrogen) atoms. The zero-order valence-electron chi connectivity index (χ0n) is 7.21. The van der Waals surface area contributed by atoms with Crippen molar-refractivity contribution < 1.29 is 13.2 Å². The van der Waals surface area contributed by atoms with Crippen LogP contribution in [0.15, 0.2) is 24.3 Å². The molecule has 1 fully saturated rings. The summed E-state index contributed by atoms with van der Waals surface area (Å²) in [7, 11) is 0. The lowest BCUT2D eigenvalue weighted by Crippen LogP contribution is -2.45. The van der Waals surface area contributed by atoms with Crippen molar-refractivity contribution in [1.29, 1.82) is 0 Å². The van der Waals surface area contributed by atoms with Crippen molar-refractivity contribution in [1.82, 2.24) is 0 Å². The van der Waals surface area contributed by atoms with Gasteiger partial charge in [0.05, 0.1) is 5.25 Å². The van der Waals surface area contributed by atoms with Crippen molar-refractivity contribution in [2.45, 2.75) is 16.4 Å². The minimum absolute atomic E-state index is 0.443. The van der Waals surface area contributed by atoms with E-state index in [0.29, 0.717) is 5.56 Å². The van der Waals surface area contributed by atoms with Gasteiger partial charge in [-0.3, -0.25) is 0 Å². The van der Waals surface area contributed by atoms with E-state index in [1.165, 1.54) is 18.2 Å². The molecule has 0 bridgehead atoms. The molecule has 1 aromatic rings. The van der Waals surface area contributed by atoms with Gasteiger partial charge in [0, 0.05) is 0 Å². The van der Waals surface area contributed by atoms with Crippen LogP contribution in [-0.2, 0) is 0 Å². The molecule has 0 saturated carbocycles. The van der Waals surface area contributed by atoms with Crippen molar-refractivity contribution in [3.8, 4) is 0 Å². The van der Waals surface area contributed by atoms with Gasteiger partial charge >= 0.3 is 0 Å². The maximum atomic E-state index is 13.5. The van der Waals surface area contributed by atoms with Gasteiger partial charge in [-0.15, -0.1) is 11.8 Å². The second-order valence-corrected chi connectivity index (χ2v) is 4.47. The molecule has 1 aliphatic heterocycles. The summed E-state index contributed by atoms with van der Waals surface area (Å²) >= 11 is 0.826. The molecule has 0 nitrogen and oxygen atoms in total. The Hall–Kier alpha value is -0.640. The first kappa shape index (κ1) is 9.90. The van der Waals surface area contributed by atoms with Crippen LogP contribution in [0.25, 0.3) is 0 Å². The fourth-order valence-electron chi connectivity index (χ4n) is 1.42. The van der Waals surface area contributed by atoms with Crippen LogP contribution in [0, 0.1) is 12.7 Å². The van der Waals surface area contributed by atoms with E-state index in [4.69, 9.17) is 0 Å². The summed E-state index contributed by atoms with van der Waals surface area (Å²) in [5.74, 6) is -0.443. The van der Waals surface area contributed by atoms with Crippen LogP contribution >= 0.6 is 11.8 Å². The van der Waals surface area contributed by atoms with E-state index in [-0.39, 0.29) is 0 Å². The van der Waals surface area contributed by atoms with Gasteiger partial charge in [-0.05, 0) is 24.6 Å². The lowest BCUT2D eigenvalue weighted by atomic mass is 9.97. The molecular formula is C10H8F3S. The van der Waals surface area contributed by atoms with Crippen molar-refractivity contribution in [2.75, 3.05) is 0 Å². The summed E-state index contributed by atoms with van der Waals surface area (Å²) in [5.41, 5.74) is -3.30. The fraction of sp³-hybridized carbons (Fsp3) is 0.300. The third kappa shape index (κ3) is 1.41. The number of hydrogen-bond donors (Lipinski definition) is 0. The topological polar surface area (TPSA) is 0 Å². The molecule has 0 aromatic heterocycles. The zero-order valence-corrected chi connectivity index (χ0v) is 8.03. The Balaban J connectivity index is 2.26. The van der Waals surface area contributed by atoms with Crippen LogP contribution in [0.3, 0.4) is 0 Å². The summed E-state index contributed by atoms with van der Waals surface area (Å²) in [4.78, 5) is 0. The normalized spacial score (nSPS) is 36.6. The standard InChI is InChI=1S/C10H8F3S/c1-10(13)8(14-9(10)12)6-3-2-4-7(11)5-6/h2-5,8-9H,1H2. The highest BCUT2D eigenvalue weighted by Crippen LogP contribution is 2.58. The van der Waals surface area contributed by atoms with Gasteiger partial charge in [-0.1, -0.05) is 12.1 Å². The maximum absolute atomic E-state index is 13.5. The molecule has 3 unspecified atom stereocenters. The van der Waals surface area contributed by atoms with Gasteiger partial charge in [0.1, 0.15) is 5.82 Å². The maximum Gasteiger partial charge on any atom is 0.182 e. The number of benzene rings is 1. The lowest BCUT2D eigenvalue weighted by Gasteiger charge is -2.42. The molecule has 3 atom stereocenters. The lowest BCUT2D eigenvalue weighted by molar-refractivity contribution is 0.119. The quantitative estimate of drug-likeness (QED) is 0.694. The second-order valence-electron chi connectivity index (χ2n) is 3.31. The number of hydrogen-bond acceptors (Lipinski definition) is 1. The molecule has 0 N–H and O–H groups in total. The molecule has 1 radical (unpaired) electrons. The molecule has 1 heterocycles. The van der Waals surface area contributed by atoms with E-state index >= 15 is 0 Å². The molecule has 0 spiro atoms. The Bertz CT molecular complexity index is 351. The van der Waals surface area contributed by atoms with E-state index in [1.807, 2.05) is 0 Å². The smallest absolute Gasteiger partial charge is 0.182 e. The fourth-order valence-corrected chi connectivity index (χ4v) is 2.44. The second kappa shape index (κ2) is 3.19. The van der Waals surface area contributed by atoms with Crippen molar-refractivity contribution >= 4 is 11.8 Å². The first-order valence-electron chi connectivity index (χ1n) is 4.11. The Morgan fingerprint density at radius 3 is 2.64 bits per heavy atom. The van der Waals surface area contributed by atoms with Crippen molar-refractivity contribution in [2.24, 2.45) is 0 Å². The van der Waals surface area contributed by atoms with Crippen molar-refractivity contribution in [3.05, 3.63) is 42.6 Å². The minimum atomic E-state index is -2.13. The van der Waals surface area contributed by atoms with Crippen LogP contribution < -0.4 is 0 Å². The van der Waals surface area contributed by atoms with Gasteiger partial charge in [-0.25, -0.2) is 13.2 Å². The van der Waals surface area contributed by atoms with Crippen LogP contribution in [0.5, 0.6) is 0 Å². The Labute approximate surface area is 84.5 Å². The largest absolute Gasteiger partial charge is 0.238 e. The van der Waals surface area contributed by atoms with Crippen LogP contribution in [0.2, 0.25) is 0 Å². The summed E-state index contributed by atoms with van der Waals surface area (Å²) in [6.45, 7) is 3.16. The molecule has 75 valence electrons. The number of halogens is 3. The number of thioether (sulfide) groups is 1. The highest BCUT2D eigenvalue weighted by Gasteiger charge is 2.55. The SMILES string of the molecule is [CH2]C1(F)C(F)SC1c1cccc(F)c1. The third-order valence-electron chi connectivity index (χ3n) is 2.22. The van der Waals surface area contributed by atoms with Crippen LogP contribution in [0.1, 0.15) is 10.8 Å². The average molecular weight is 217 g/mol. The van der Waals surface area contributed by atoms with Gasteiger partial charge in [0.15, 0.2) is 11.2 Å². The highest BCUT2D eigenvalue weighted by atomic mass is 32.2. The van der Waals surface area contributed by atoms with Crippen LogP contribution in [0.4, 0.5) is 13.2 Å². The molecule has 1 aromatic carbocycles. The summed E-state index contributed by atoms with van der Waals surface area (Å²) in [6.07, 6.45) is 0. The van der Waals surface area contributed by atoms with E-state index in [2.05, 4.69) is 6.92 Å². The van der Waals surface area contributed by atoms with E-state index in [9.17, 15) is 13.2 Å². The predicted octanol–water partition coefficient (Wildman–Crippen LogP) is 3.45. The molecule has 0 amide bonds. The van der Waals surface area contributed by atoms with E-state index in [0.717, 1.165) is 11.8 Å². The minimum Gasteiger partial charge on any atom is -0.238 e. The first-order valence-corrected chi connectivity index (χ1v) is 5.05. The average Bonchev–Trinajstić information content (AvgIpc) is 2.14. The van der Waals surface area contributed by atoms with Gasteiger partial charge in [0.25, 0.3) is 0 Å². The molecule has 2 rings (SSSR count). The number of rotatable bonds is 1. The van der Waals surface area contributed by atoms with Gasteiger partial charge in [0.2, 0.25) is 0 Å². The van der Waals surface area contributed by atoms with Gasteiger partial charge in [-0.2, -0.15) is 0 Å². The zero-order chi connectivity index (χ0) is 10.3. The Morgan fingerprint density at radius 1 is 1.43 bits per heavy atom. The Kier molecular flexibility index (Phi) is 2.26. The molecule has 0 aliphatic carbocycles. The number of alkyl halides is 2. The van der Waals surface area contributed by atoms with E-state index < -0.39 is 22.2 Å². The highest BCUT2D eigenvalue weighted by molar-refractivity contribution is 8.01. The Morgan fingerprint density at radius 2 is 2.14 bits per heavy atom. The summed E-state index contributed by atoms with van der Waals surface area (Å²) in [6, 6.07) is 5.53. The predicted molar refractivity (Wildman–Crippen MR) is 50.8 cm³/mol. The van der Waals surface area contributed by atoms with Crippen LogP contribution in [-0.4, -0.2) is 11.2 Å². The monoisotopic (exact) mass is 217 g/mol. The van der Waals surface area contributed by atoms with Crippen molar-refractivity contribution in [3.63, 3.8) is 0 Å². The molecule has 4 heteroatoms. The summed E-state index contributed by atoms with van der Waals surface area (Å²) in [5, 5.41) is -0.701. The first-order chi connectivity index (χ1) is 6.51. The van der Waals surface area contributed by atoms with Gasteiger partial charge < -0.3 is 0 Å². The molecule has 1 aliphatic rings.